The number of benzene rings is 1. The van der Waals surface area contributed by atoms with Crippen LogP contribution in [0.25, 0.3) is 0 Å². The summed E-state index contributed by atoms with van der Waals surface area (Å²) in [6, 6.07) is 2.85. The monoisotopic (exact) mass is 331 g/mol. The molecule has 0 radical (unpaired) electrons. The van der Waals surface area contributed by atoms with E-state index in [2.05, 4.69) is 10.3 Å². The fraction of sp³-hybridized carbons (Fsp3) is 0.308. The van der Waals surface area contributed by atoms with E-state index in [1.165, 1.54) is 17.4 Å². The van der Waals surface area contributed by atoms with Crippen LogP contribution in [0, 0.1) is 24.0 Å². The highest BCUT2D eigenvalue weighted by molar-refractivity contribution is 7.11. The molecular weight excluding hydrogens is 319 g/mol. The molecule has 1 N–H and O–H groups in total. The number of nitro groups is 1. The van der Waals surface area contributed by atoms with E-state index in [9.17, 15) is 23.3 Å². The Morgan fingerprint density at radius 3 is 2.55 bits per heavy atom. The molecule has 118 valence electrons. The quantitative estimate of drug-likeness (QED) is 0.670. The van der Waals surface area contributed by atoms with Crippen molar-refractivity contribution in [3.05, 3.63) is 49.5 Å². The van der Waals surface area contributed by atoms with Gasteiger partial charge in [0.1, 0.15) is 5.56 Å². The highest BCUT2D eigenvalue weighted by Gasteiger charge is 2.38. The van der Waals surface area contributed by atoms with Crippen LogP contribution in [0.1, 0.15) is 21.1 Å². The fourth-order valence-corrected chi connectivity index (χ4v) is 2.79. The lowest BCUT2D eigenvalue weighted by Crippen LogP contribution is -2.10. The molecule has 0 atom stereocenters. The van der Waals surface area contributed by atoms with Crippen LogP contribution in [0.4, 0.5) is 24.5 Å². The first-order chi connectivity index (χ1) is 10.2. The van der Waals surface area contributed by atoms with E-state index < -0.39 is 22.4 Å². The molecule has 9 heteroatoms. The molecule has 0 unspecified atom stereocenters. The number of aromatic nitrogens is 1. The summed E-state index contributed by atoms with van der Waals surface area (Å²) in [4.78, 5) is 14.9. The summed E-state index contributed by atoms with van der Waals surface area (Å²) >= 11 is 1.50. The first kappa shape index (κ1) is 16.2. The van der Waals surface area contributed by atoms with E-state index in [-0.39, 0.29) is 12.2 Å². The van der Waals surface area contributed by atoms with Gasteiger partial charge in [-0.15, -0.1) is 11.3 Å². The van der Waals surface area contributed by atoms with Gasteiger partial charge in [0.2, 0.25) is 0 Å². The first-order valence-corrected chi connectivity index (χ1v) is 7.02. The number of nitro benzene ring substituents is 1. The van der Waals surface area contributed by atoms with Crippen LogP contribution in [-0.4, -0.2) is 9.91 Å². The van der Waals surface area contributed by atoms with E-state index in [1.807, 2.05) is 13.8 Å². The van der Waals surface area contributed by atoms with Crippen LogP contribution in [0.3, 0.4) is 0 Å². The Kier molecular flexibility index (Phi) is 4.36. The number of nitrogens with one attached hydrogen (secondary N) is 1. The van der Waals surface area contributed by atoms with Crippen LogP contribution >= 0.6 is 11.3 Å². The van der Waals surface area contributed by atoms with Crippen LogP contribution in [-0.2, 0) is 12.7 Å². The Hall–Kier alpha value is -2.16. The second kappa shape index (κ2) is 5.91. The molecule has 0 saturated carbocycles. The predicted molar refractivity (Wildman–Crippen MR) is 77.0 cm³/mol. The summed E-state index contributed by atoms with van der Waals surface area (Å²) < 4.78 is 38.6. The number of aryl methyl sites for hydroxylation is 2. The number of thiazole rings is 1. The third-order valence-electron chi connectivity index (χ3n) is 2.96. The predicted octanol–water partition coefficient (Wildman–Crippen LogP) is 4.30. The van der Waals surface area contributed by atoms with E-state index in [0.29, 0.717) is 0 Å². The highest BCUT2D eigenvalue weighted by Crippen LogP contribution is 2.37. The van der Waals surface area contributed by atoms with Gasteiger partial charge in [0.15, 0.2) is 0 Å². The summed E-state index contributed by atoms with van der Waals surface area (Å²) in [5, 5.41) is 14.4. The van der Waals surface area contributed by atoms with Crippen molar-refractivity contribution < 1.29 is 18.1 Å². The second-order valence-corrected chi connectivity index (χ2v) is 5.98. The Morgan fingerprint density at radius 2 is 2.05 bits per heavy atom. The van der Waals surface area contributed by atoms with Gasteiger partial charge in [-0.3, -0.25) is 10.1 Å². The number of rotatable bonds is 4. The minimum Gasteiger partial charge on any atom is -0.379 e. The van der Waals surface area contributed by atoms with Gasteiger partial charge in [-0.2, -0.15) is 13.2 Å². The van der Waals surface area contributed by atoms with Gasteiger partial charge < -0.3 is 5.32 Å². The van der Waals surface area contributed by atoms with Crippen molar-refractivity contribution >= 4 is 22.7 Å². The van der Waals surface area contributed by atoms with Crippen LogP contribution < -0.4 is 5.32 Å². The first-order valence-electron chi connectivity index (χ1n) is 6.21. The number of hydrogen-bond donors (Lipinski definition) is 1. The molecule has 1 aromatic heterocycles. The molecule has 22 heavy (non-hydrogen) atoms. The summed E-state index contributed by atoms with van der Waals surface area (Å²) in [5.41, 5.74) is -1.33. The van der Waals surface area contributed by atoms with Crippen LogP contribution in [0.2, 0.25) is 0 Å². The van der Waals surface area contributed by atoms with Crippen molar-refractivity contribution in [1.29, 1.82) is 0 Å². The van der Waals surface area contributed by atoms with E-state index >= 15 is 0 Å². The van der Waals surface area contributed by atoms with Gasteiger partial charge in [0, 0.05) is 16.6 Å². The molecular formula is C13H12F3N3O2S. The maximum Gasteiger partial charge on any atom is 0.423 e. The summed E-state index contributed by atoms with van der Waals surface area (Å²) in [7, 11) is 0. The molecule has 0 saturated heterocycles. The number of anilines is 1. The van der Waals surface area contributed by atoms with Crippen LogP contribution in [0.15, 0.2) is 18.2 Å². The van der Waals surface area contributed by atoms with Crippen molar-refractivity contribution in [2.24, 2.45) is 0 Å². The van der Waals surface area contributed by atoms with Gasteiger partial charge in [0.05, 0.1) is 22.2 Å². The standard InChI is InChI=1S/C13H12F3N3O2S/c1-7-11(18-8(2)22-7)6-17-9-3-4-12(19(20)21)10(5-9)13(14,15)16/h3-5,17H,6H2,1-2H3. The molecule has 0 spiro atoms. The molecule has 0 aliphatic rings. The van der Waals surface area contributed by atoms with Crippen molar-refractivity contribution in [2.45, 2.75) is 26.6 Å². The second-order valence-electron chi connectivity index (χ2n) is 4.58. The third-order valence-corrected chi connectivity index (χ3v) is 3.89. The average Bonchev–Trinajstić information content (AvgIpc) is 2.73. The Balaban J connectivity index is 2.25. The molecule has 0 bridgehead atoms. The van der Waals surface area contributed by atoms with Gasteiger partial charge in [-0.05, 0) is 26.0 Å². The fourth-order valence-electron chi connectivity index (χ4n) is 1.95. The minimum absolute atomic E-state index is 0.156. The van der Waals surface area contributed by atoms with E-state index in [1.54, 1.807) is 0 Å². The molecule has 0 aliphatic heterocycles. The van der Waals surface area contributed by atoms with Crippen LogP contribution in [0.5, 0.6) is 0 Å². The average molecular weight is 331 g/mol. The van der Waals surface area contributed by atoms with Gasteiger partial charge >= 0.3 is 6.18 Å². The van der Waals surface area contributed by atoms with Gasteiger partial charge in [-0.1, -0.05) is 0 Å². The SMILES string of the molecule is Cc1nc(CNc2ccc([N+](=O)[O-])c(C(F)(F)F)c2)c(C)s1. The topological polar surface area (TPSA) is 68.1 Å². The molecule has 2 rings (SSSR count). The van der Waals surface area contributed by atoms with Gasteiger partial charge in [0.25, 0.3) is 5.69 Å². The van der Waals surface area contributed by atoms with Crippen molar-refractivity contribution in [3.8, 4) is 0 Å². The Morgan fingerprint density at radius 1 is 1.36 bits per heavy atom. The number of alkyl halides is 3. The Labute approximate surface area is 128 Å². The molecule has 0 aliphatic carbocycles. The number of hydrogen-bond acceptors (Lipinski definition) is 5. The highest BCUT2D eigenvalue weighted by atomic mass is 32.1. The largest absolute Gasteiger partial charge is 0.423 e. The Bertz CT molecular complexity index is 713. The summed E-state index contributed by atoms with van der Waals surface area (Å²) in [6.45, 7) is 3.97. The maximum absolute atomic E-state index is 12.9. The number of nitrogens with zero attached hydrogens (tertiary/aromatic N) is 2. The smallest absolute Gasteiger partial charge is 0.379 e. The molecule has 1 aromatic carbocycles. The third kappa shape index (κ3) is 3.53. The lowest BCUT2D eigenvalue weighted by Gasteiger charge is -2.11. The molecule has 2 aromatic rings. The van der Waals surface area contributed by atoms with Crippen molar-refractivity contribution in [2.75, 3.05) is 5.32 Å². The zero-order valence-corrected chi connectivity index (χ0v) is 12.5. The number of halogens is 3. The molecule has 0 fully saturated rings. The molecule has 0 amide bonds. The normalized spacial score (nSPS) is 11.5. The molecule has 1 heterocycles. The van der Waals surface area contributed by atoms with E-state index in [4.69, 9.17) is 0 Å². The summed E-state index contributed by atoms with van der Waals surface area (Å²) in [5.74, 6) is 0. The lowest BCUT2D eigenvalue weighted by atomic mass is 10.1. The zero-order chi connectivity index (χ0) is 16.5. The summed E-state index contributed by atoms with van der Waals surface area (Å²) in [6.07, 6.45) is -4.78. The van der Waals surface area contributed by atoms with Crippen molar-refractivity contribution in [1.82, 2.24) is 4.98 Å². The van der Waals surface area contributed by atoms with E-state index in [0.717, 1.165) is 27.7 Å². The molecule has 5 nitrogen and oxygen atoms in total. The van der Waals surface area contributed by atoms with Gasteiger partial charge in [-0.25, -0.2) is 4.98 Å². The maximum atomic E-state index is 12.9. The minimum atomic E-state index is -4.78. The van der Waals surface area contributed by atoms with Crippen molar-refractivity contribution in [3.63, 3.8) is 0 Å². The lowest BCUT2D eigenvalue weighted by molar-refractivity contribution is -0.388. The zero-order valence-electron chi connectivity index (χ0n) is 11.7.